The van der Waals surface area contributed by atoms with E-state index in [1.807, 2.05) is 0 Å². The van der Waals surface area contributed by atoms with E-state index >= 15 is 0 Å². The number of fused-ring (bicyclic) bond motifs is 1. The van der Waals surface area contributed by atoms with Crippen LogP contribution in [0.4, 0.5) is 0 Å². The fraction of sp³-hybridized carbons (Fsp3) is 0.190. The number of aliphatic carboxylic acids is 1. The van der Waals surface area contributed by atoms with Crippen LogP contribution in [0.15, 0.2) is 48.5 Å². The number of rotatable bonds is 6. The number of hydrogen-bond donors (Lipinski definition) is 1. The third kappa shape index (κ3) is 4.25. The van der Waals surface area contributed by atoms with Gasteiger partial charge in [-0.25, -0.2) is 13.4 Å². The van der Waals surface area contributed by atoms with Crippen LogP contribution in [-0.4, -0.2) is 36.6 Å². The van der Waals surface area contributed by atoms with Gasteiger partial charge in [-0.2, -0.15) is 4.98 Å². The first kappa shape index (κ1) is 19.8. The Labute approximate surface area is 173 Å². The van der Waals surface area contributed by atoms with Crippen LogP contribution >= 0.6 is 0 Å². The number of aromatic nitrogens is 2. The van der Waals surface area contributed by atoms with Crippen molar-refractivity contribution in [3.63, 3.8) is 0 Å². The first-order valence-corrected chi connectivity index (χ1v) is 10.9. The molecule has 0 spiro atoms. The molecule has 0 amide bonds. The van der Waals surface area contributed by atoms with Gasteiger partial charge in [-0.1, -0.05) is 12.1 Å². The zero-order valence-corrected chi connectivity index (χ0v) is 16.8. The van der Waals surface area contributed by atoms with Gasteiger partial charge in [0.1, 0.15) is 11.5 Å². The highest BCUT2D eigenvalue weighted by Crippen LogP contribution is 2.35. The number of sulfone groups is 1. The Balaban J connectivity index is 1.71. The zero-order chi connectivity index (χ0) is 21.3. The van der Waals surface area contributed by atoms with Crippen LogP contribution in [0, 0.1) is 0 Å². The molecule has 0 unspecified atom stereocenters. The molecule has 30 heavy (non-hydrogen) atoms. The third-order valence-corrected chi connectivity index (χ3v) is 6.06. The summed E-state index contributed by atoms with van der Waals surface area (Å²) in [7, 11) is -1.75. The van der Waals surface area contributed by atoms with Crippen LogP contribution in [0.3, 0.4) is 0 Å². The topological polar surface area (TPSA) is 116 Å². The molecule has 8 nitrogen and oxygen atoms in total. The van der Waals surface area contributed by atoms with Crippen LogP contribution in [0.25, 0.3) is 11.4 Å². The number of hydrogen-bond acceptors (Lipinski definition) is 7. The minimum Gasteiger partial charge on any atom is -0.497 e. The van der Waals surface area contributed by atoms with Gasteiger partial charge >= 0.3 is 5.97 Å². The molecule has 3 aromatic rings. The van der Waals surface area contributed by atoms with Crippen molar-refractivity contribution in [1.82, 2.24) is 9.97 Å². The van der Waals surface area contributed by atoms with E-state index in [2.05, 4.69) is 9.97 Å². The standard InChI is InChI=1S/C21H18N2O6S/c1-28-15-8-4-14(5-9-15)20-22-18-12-30(26,27)11-17(18)21(23-20)29-16-6-2-13(3-7-16)10-19(24)25/h2-9H,10-12H2,1H3,(H,24,25). The Bertz CT molecular complexity index is 1210. The van der Waals surface area contributed by atoms with Crippen LogP contribution < -0.4 is 9.47 Å². The second-order valence-corrected chi connectivity index (χ2v) is 8.92. The summed E-state index contributed by atoms with van der Waals surface area (Å²) in [5, 5.41) is 8.89. The summed E-state index contributed by atoms with van der Waals surface area (Å²) >= 11 is 0. The van der Waals surface area contributed by atoms with Gasteiger partial charge in [0, 0.05) is 5.56 Å². The summed E-state index contributed by atoms with van der Waals surface area (Å²) in [5.41, 5.74) is 2.20. The largest absolute Gasteiger partial charge is 0.497 e. The molecule has 1 aliphatic heterocycles. The molecule has 0 atom stereocenters. The summed E-state index contributed by atoms with van der Waals surface area (Å²) in [4.78, 5) is 19.7. The number of carboxylic acids is 1. The van der Waals surface area contributed by atoms with E-state index in [4.69, 9.17) is 14.6 Å². The monoisotopic (exact) mass is 426 g/mol. The Morgan fingerprint density at radius 3 is 2.30 bits per heavy atom. The smallest absolute Gasteiger partial charge is 0.307 e. The fourth-order valence-corrected chi connectivity index (χ4v) is 4.65. The molecule has 0 fully saturated rings. The molecule has 154 valence electrons. The molecular formula is C21H18N2O6S. The van der Waals surface area contributed by atoms with Crippen LogP contribution in [0.1, 0.15) is 16.8 Å². The minimum atomic E-state index is -3.32. The lowest BCUT2D eigenvalue weighted by atomic mass is 10.1. The van der Waals surface area contributed by atoms with E-state index in [0.29, 0.717) is 39.7 Å². The third-order valence-electron chi connectivity index (χ3n) is 4.62. The van der Waals surface area contributed by atoms with Crippen molar-refractivity contribution in [2.75, 3.05) is 7.11 Å². The second-order valence-electron chi connectivity index (χ2n) is 6.85. The summed E-state index contributed by atoms with van der Waals surface area (Å²) in [6, 6.07) is 13.7. The SMILES string of the molecule is COc1ccc(-c2nc3c(c(Oc4ccc(CC(=O)O)cc4)n2)CS(=O)(=O)C3)cc1. The Hall–Kier alpha value is -3.46. The van der Waals surface area contributed by atoms with E-state index in [9.17, 15) is 13.2 Å². The van der Waals surface area contributed by atoms with E-state index in [-0.39, 0.29) is 23.8 Å². The Morgan fingerprint density at radius 2 is 1.67 bits per heavy atom. The molecule has 0 saturated heterocycles. The lowest BCUT2D eigenvalue weighted by molar-refractivity contribution is -0.136. The lowest BCUT2D eigenvalue weighted by Gasteiger charge is -2.11. The Kier molecular flexibility index (Phi) is 5.13. The predicted molar refractivity (Wildman–Crippen MR) is 108 cm³/mol. The van der Waals surface area contributed by atoms with Gasteiger partial charge in [-0.3, -0.25) is 4.79 Å². The molecule has 2 heterocycles. The number of ether oxygens (including phenoxy) is 2. The number of carboxylic acid groups (broad SMARTS) is 1. The van der Waals surface area contributed by atoms with E-state index in [1.54, 1.807) is 55.6 Å². The molecule has 2 aromatic carbocycles. The number of nitrogens with zero attached hydrogens (tertiary/aromatic N) is 2. The highest BCUT2D eigenvalue weighted by atomic mass is 32.2. The van der Waals surface area contributed by atoms with E-state index in [1.165, 1.54) is 0 Å². The maximum atomic E-state index is 12.2. The quantitative estimate of drug-likeness (QED) is 0.640. The number of benzene rings is 2. The maximum absolute atomic E-state index is 12.2. The number of carbonyl (C=O) groups is 1. The van der Waals surface area contributed by atoms with Crippen molar-refractivity contribution in [3.05, 3.63) is 65.4 Å². The molecule has 1 aromatic heterocycles. The van der Waals surface area contributed by atoms with Crippen LogP contribution in [0.5, 0.6) is 17.4 Å². The molecule has 9 heteroatoms. The highest BCUT2D eigenvalue weighted by Gasteiger charge is 2.31. The molecule has 1 N–H and O–H groups in total. The van der Waals surface area contributed by atoms with Crippen molar-refractivity contribution in [2.24, 2.45) is 0 Å². The molecular weight excluding hydrogens is 408 g/mol. The van der Waals surface area contributed by atoms with Crippen molar-refractivity contribution in [2.45, 2.75) is 17.9 Å². The van der Waals surface area contributed by atoms with Crippen molar-refractivity contribution in [3.8, 4) is 28.8 Å². The maximum Gasteiger partial charge on any atom is 0.307 e. The molecule has 0 saturated carbocycles. The van der Waals surface area contributed by atoms with Gasteiger partial charge in [0.2, 0.25) is 5.88 Å². The van der Waals surface area contributed by atoms with Gasteiger partial charge in [-0.05, 0) is 42.0 Å². The van der Waals surface area contributed by atoms with Gasteiger partial charge in [-0.15, -0.1) is 0 Å². The molecule has 0 bridgehead atoms. The van der Waals surface area contributed by atoms with Crippen molar-refractivity contribution in [1.29, 1.82) is 0 Å². The summed E-state index contributed by atoms with van der Waals surface area (Å²) in [6.07, 6.45) is -0.0942. The van der Waals surface area contributed by atoms with E-state index < -0.39 is 15.8 Å². The van der Waals surface area contributed by atoms with Crippen molar-refractivity contribution < 1.29 is 27.8 Å². The van der Waals surface area contributed by atoms with Crippen LogP contribution in [0.2, 0.25) is 0 Å². The average Bonchev–Trinajstić information content (AvgIpc) is 3.03. The minimum absolute atomic E-state index is 0.0942. The summed E-state index contributed by atoms with van der Waals surface area (Å²) < 4.78 is 35.4. The lowest BCUT2D eigenvalue weighted by Crippen LogP contribution is -2.02. The number of methoxy groups -OCH3 is 1. The molecule has 1 aliphatic rings. The second kappa shape index (κ2) is 7.75. The zero-order valence-electron chi connectivity index (χ0n) is 16.0. The molecule has 0 aliphatic carbocycles. The van der Waals surface area contributed by atoms with Gasteiger partial charge in [0.15, 0.2) is 15.7 Å². The van der Waals surface area contributed by atoms with Crippen LogP contribution in [-0.2, 0) is 32.6 Å². The predicted octanol–water partition coefficient (Wildman–Crippen LogP) is 3.00. The van der Waals surface area contributed by atoms with Crippen molar-refractivity contribution >= 4 is 15.8 Å². The van der Waals surface area contributed by atoms with Gasteiger partial charge < -0.3 is 14.6 Å². The highest BCUT2D eigenvalue weighted by molar-refractivity contribution is 7.90. The summed E-state index contributed by atoms with van der Waals surface area (Å²) in [6.45, 7) is 0. The Morgan fingerprint density at radius 1 is 1.00 bits per heavy atom. The first-order chi connectivity index (χ1) is 14.3. The fourth-order valence-electron chi connectivity index (χ4n) is 3.17. The van der Waals surface area contributed by atoms with Gasteiger partial charge in [0.05, 0.1) is 36.3 Å². The molecule has 0 radical (unpaired) electrons. The van der Waals surface area contributed by atoms with E-state index in [0.717, 1.165) is 0 Å². The first-order valence-electron chi connectivity index (χ1n) is 9.06. The van der Waals surface area contributed by atoms with Gasteiger partial charge in [0.25, 0.3) is 0 Å². The average molecular weight is 426 g/mol. The summed E-state index contributed by atoms with van der Waals surface area (Å²) in [5.74, 6) is 0.366. The normalized spacial score (nSPS) is 14.2. The molecule has 4 rings (SSSR count).